The van der Waals surface area contributed by atoms with E-state index in [0.29, 0.717) is 0 Å². The van der Waals surface area contributed by atoms with Gasteiger partial charge in [-0.15, -0.1) is 0 Å². The highest BCUT2D eigenvalue weighted by Gasteiger charge is 2.61. The molecule has 3 rings (SSSR count). The monoisotopic (exact) mass is 363 g/mol. The van der Waals surface area contributed by atoms with Gasteiger partial charge in [0.25, 0.3) is 11.9 Å². The quantitative estimate of drug-likeness (QED) is 0.811. The van der Waals surface area contributed by atoms with E-state index in [-0.39, 0.29) is 5.69 Å². The summed E-state index contributed by atoms with van der Waals surface area (Å²) in [6.45, 7) is -0.120. The molecule has 2 aliphatic rings. The van der Waals surface area contributed by atoms with Gasteiger partial charge < -0.3 is 15.8 Å². The van der Waals surface area contributed by atoms with Gasteiger partial charge in [0.05, 0.1) is 0 Å². The molecule has 1 unspecified atom stereocenters. The maximum Gasteiger partial charge on any atom is 0.310 e. The summed E-state index contributed by atoms with van der Waals surface area (Å²) in [5, 5.41) is 2.18. The fourth-order valence-electron chi connectivity index (χ4n) is 2.60. The van der Waals surface area contributed by atoms with Gasteiger partial charge >= 0.3 is 5.92 Å². The molecule has 0 saturated heterocycles. The maximum atomic E-state index is 14.3. The largest absolute Gasteiger partial charge is 0.459 e. The Morgan fingerprint density at radius 2 is 2.00 bits per heavy atom. The molecule has 0 aromatic heterocycles. The molecule has 25 heavy (non-hydrogen) atoms. The van der Waals surface area contributed by atoms with E-state index >= 15 is 0 Å². The number of carbonyl (C=O) groups excluding carboxylic acids is 1. The lowest BCUT2D eigenvalue weighted by Gasteiger charge is -2.37. The van der Waals surface area contributed by atoms with Gasteiger partial charge in [-0.05, 0) is 25.1 Å². The van der Waals surface area contributed by atoms with Crippen molar-refractivity contribution in [2.75, 3.05) is 11.9 Å². The van der Waals surface area contributed by atoms with E-state index in [9.17, 15) is 26.7 Å². The molecule has 1 aliphatic carbocycles. The number of anilines is 1. The van der Waals surface area contributed by atoms with Crippen LogP contribution < -0.4 is 11.1 Å². The van der Waals surface area contributed by atoms with Crippen LogP contribution in [0.1, 0.15) is 18.9 Å². The third-order valence-electron chi connectivity index (χ3n) is 4.35. The van der Waals surface area contributed by atoms with Gasteiger partial charge in [-0.3, -0.25) is 4.79 Å². The first-order valence-electron chi connectivity index (χ1n) is 7.31. The Morgan fingerprint density at radius 3 is 2.60 bits per heavy atom. The number of amides is 1. The van der Waals surface area contributed by atoms with Crippen LogP contribution in [-0.4, -0.2) is 30.4 Å². The maximum absolute atomic E-state index is 14.3. The van der Waals surface area contributed by atoms with E-state index in [1.54, 1.807) is 0 Å². The first-order valence-corrected chi connectivity index (χ1v) is 7.31. The van der Waals surface area contributed by atoms with Crippen molar-refractivity contribution in [2.45, 2.75) is 30.7 Å². The van der Waals surface area contributed by atoms with E-state index < -0.39 is 59.6 Å². The topological polar surface area (TPSA) is 76.7 Å². The SMILES string of the molecule is C[C@]1(c2cc(NC(=O)C3CC3(F)F)ccc2F)N=C(N)OCC1(F)F. The van der Waals surface area contributed by atoms with Gasteiger partial charge in [0.1, 0.15) is 11.7 Å². The van der Waals surface area contributed by atoms with Crippen LogP contribution in [0.3, 0.4) is 0 Å². The Kier molecular flexibility index (Phi) is 3.70. The van der Waals surface area contributed by atoms with Crippen molar-refractivity contribution in [1.29, 1.82) is 0 Å². The molecule has 3 N–H and O–H groups in total. The van der Waals surface area contributed by atoms with E-state index in [1.165, 1.54) is 0 Å². The summed E-state index contributed by atoms with van der Waals surface area (Å²) in [4.78, 5) is 15.3. The molecule has 0 bridgehead atoms. The van der Waals surface area contributed by atoms with Crippen molar-refractivity contribution in [1.82, 2.24) is 0 Å². The van der Waals surface area contributed by atoms with Crippen molar-refractivity contribution >= 4 is 17.6 Å². The number of aliphatic imine (C=N–C) groups is 1. The molecule has 0 spiro atoms. The lowest BCUT2D eigenvalue weighted by Crippen LogP contribution is -2.51. The number of nitrogens with one attached hydrogen (secondary N) is 1. The number of hydrogen-bond acceptors (Lipinski definition) is 4. The highest BCUT2D eigenvalue weighted by molar-refractivity contribution is 5.95. The first kappa shape index (κ1) is 17.4. The molecule has 1 amide bonds. The summed E-state index contributed by atoms with van der Waals surface area (Å²) < 4.78 is 73.1. The molecule has 1 fully saturated rings. The van der Waals surface area contributed by atoms with Gasteiger partial charge in [-0.25, -0.2) is 18.2 Å². The molecule has 0 radical (unpaired) electrons. The van der Waals surface area contributed by atoms with Crippen molar-refractivity contribution < 1.29 is 31.5 Å². The van der Waals surface area contributed by atoms with Gasteiger partial charge in [-0.2, -0.15) is 8.78 Å². The third kappa shape index (κ3) is 2.89. The van der Waals surface area contributed by atoms with Crippen LogP contribution in [-0.2, 0) is 15.1 Å². The second-order valence-electron chi connectivity index (χ2n) is 6.22. The molecular weight excluding hydrogens is 349 g/mol. The fraction of sp³-hybridized carbons (Fsp3) is 0.467. The lowest BCUT2D eigenvalue weighted by molar-refractivity contribution is -0.119. The molecule has 1 aliphatic heterocycles. The minimum Gasteiger partial charge on any atom is -0.459 e. The normalized spacial score (nSPS) is 29.4. The van der Waals surface area contributed by atoms with Crippen molar-refractivity contribution in [3.63, 3.8) is 0 Å². The predicted octanol–water partition coefficient (Wildman–Crippen LogP) is 2.61. The molecule has 1 saturated carbocycles. The van der Waals surface area contributed by atoms with Crippen LogP contribution in [0, 0.1) is 11.7 Å². The van der Waals surface area contributed by atoms with Crippen LogP contribution in [0.2, 0.25) is 0 Å². The van der Waals surface area contributed by atoms with Gasteiger partial charge in [-0.1, -0.05) is 0 Å². The van der Waals surface area contributed by atoms with Crippen molar-refractivity contribution in [3.8, 4) is 0 Å². The molecule has 136 valence electrons. The van der Waals surface area contributed by atoms with Crippen LogP contribution >= 0.6 is 0 Å². The summed E-state index contributed by atoms with van der Waals surface area (Å²) in [5.41, 5.74) is 2.33. The Labute approximate surface area is 139 Å². The van der Waals surface area contributed by atoms with Gasteiger partial charge in [0.15, 0.2) is 12.1 Å². The number of amidine groups is 1. The first-order chi connectivity index (χ1) is 11.5. The number of benzene rings is 1. The van der Waals surface area contributed by atoms with Crippen LogP contribution in [0.15, 0.2) is 23.2 Å². The Morgan fingerprint density at radius 1 is 1.36 bits per heavy atom. The number of nitrogens with two attached hydrogens (primary N) is 1. The van der Waals surface area contributed by atoms with Crippen LogP contribution in [0.4, 0.5) is 27.6 Å². The Bertz CT molecular complexity index is 768. The summed E-state index contributed by atoms with van der Waals surface area (Å²) in [7, 11) is 0. The average molecular weight is 363 g/mol. The molecule has 1 aromatic rings. The van der Waals surface area contributed by atoms with Crippen molar-refractivity contribution in [3.05, 3.63) is 29.6 Å². The number of halogens is 5. The van der Waals surface area contributed by atoms with Crippen molar-refractivity contribution in [2.24, 2.45) is 16.6 Å². The summed E-state index contributed by atoms with van der Waals surface area (Å²) in [6.07, 6.45) is -0.583. The predicted molar refractivity (Wildman–Crippen MR) is 78.0 cm³/mol. The van der Waals surface area contributed by atoms with Crippen LogP contribution in [0.5, 0.6) is 0 Å². The van der Waals surface area contributed by atoms with Crippen LogP contribution in [0.25, 0.3) is 0 Å². The molecule has 1 heterocycles. The number of ether oxygens (including phenoxy) is 1. The number of carbonyl (C=O) groups is 1. The summed E-state index contributed by atoms with van der Waals surface area (Å²) >= 11 is 0. The standard InChI is InChI=1S/C15H14F5N3O2/c1-13(15(19,20)6-25-12(21)23-13)8-4-7(2-3-10(8)16)22-11(24)9-5-14(9,17)18/h2-4,9H,5-6H2,1H3,(H2,21,23)(H,22,24)/t9?,13-/m1/s1. The Hall–Kier alpha value is -2.39. The van der Waals surface area contributed by atoms with Gasteiger partial charge in [0, 0.05) is 17.7 Å². The number of hydrogen-bond donors (Lipinski definition) is 2. The van der Waals surface area contributed by atoms with E-state index in [4.69, 9.17) is 5.73 Å². The minimum atomic E-state index is -3.58. The average Bonchev–Trinajstić information content (AvgIpc) is 3.14. The second-order valence-corrected chi connectivity index (χ2v) is 6.22. The fourth-order valence-corrected chi connectivity index (χ4v) is 2.60. The summed E-state index contributed by atoms with van der Waals surface area (Å²) in [6, 6.07) is 2.34. The number of rotatable bonds is 3. The molecule has 1 aromatic carbocycles. The molecule has 10 heteroatoms. The Balaban J connectivity index is 1.94. The molecule has 5 nitrogen and oxygen atoms in total. The zero-order valence-corrected chi connectivity index (χ0v) is 13.0. The van der Waals surface area contributed by atoms with E-state index in [0.717, 1.165) is 25.1 Å². The zero-order chi connectivity index (χ0) is 18.6. The smallest absolute Gasteiger partial charge is 0.310 e. The van der Waals surface area contributed by atoms with E-state index in [1.807, 2.05) is 0 Å². The van der Waals surface area contributed by atoms with Gasteiger partial charge in [0.2, 0.25) is 5.91 Å². The minimum absolute atomic E-state index is 0.0959. The molecule has 2 atom stereocenters. The third-order valence-corrected chi connectivity index (χ3v) is 4.35. The zero-order valence-electron chi connectivity index (χ0n) is 13.0. The lowest BCUT2D eigenvalue weighted by atomic mass is 9.85. The highest BCUT2D eigenvalue weighted by Crippen LogP contribution is 2.49. The number of alkyl halides is 4. The second kappa shape index (κ2) is 5.30. The highest BCUT2D eigenvalue weighted by atomic mass is 19.3. The summed E-state index contributed by atoms with van der Waals surface area (Å²) in [5.74, 6) is -10.1. The molecular formula is C15H14F5N3O2. The number of nitrogens with zero attached hydrogens (tertiary/aromatic N) is 1. The van der Waals surface area contributed by atoms with E-state index in [2.05, 4.69) is 15.0 Å².